The van der Waals surface area contributed by atoms with E-state index < -0.39 is 0 Å². The van der Waals surface area contributed by atoms with Gasteiger partial charge in [0.15, 0.2) is 0 Å². The van der Waals surface area contributed by atoms with Gasteiger partial charge in [0.05, 0.1) is 6.61 Å². The lowest BCUT2D eigenvalue weighted by Gasteiger charge is -2.13. The van der Waals surface area contributed by atoms with Gasteiger partial charge in [0, 0.05) is 17.7 Å². The Labute approximate surface area is 116 Å². The van der Waals surface area contributed by atoms with E-state index in [2.05, 4.69) is 27.7 Å². The Morgan fingerprint density at radius 2 is 1.47 bits per heavy atom. The van der Waals surface area contributed by atoms with E-state index in [-0.39, 0.29) is 11.5 Å². The molecule has 0 fully saturated rings. The number of hydrogen-bond donors (Lipinski definition) is 2. The Bertz CT molecular complexity index is 374. The van der Waals surface area contributed by atoms with Crippen LogP contribution in [0.3, 0.4) is 0 Å². The lowest BCUT2D eigenvalue weighted by Crippen LogP contribution is -2.01. The molecule has 0 aliphatic heterocycles. The molecule has 0 saturated carbocycles. The molecule has 19 heavy (non-hydrogen) atoms. The second-order valence-corrected chi connectivity index (χ2v) is 5.90. The van der Waals surface area contributed by atoms with Crippen molar-refractivity contribution in [3.05, 3.63) is 17.7 Å². The second kappa shape index (κ2) is 7.27. The Hall–Kier alpha value is -1.38. The van der Waals surface area contributed by atoms with Gasteiger partial charge in [-0.3, -0.25) is 0 Å². The maximum Gasteiger partial charge on any atom is 0.126 e. The predicted molar refractivity (Wildman–Crippen MR) is 77.9 cm³/mol. The average molecular weight is 266 g/mol. The van der Waals surface area contributed by atoms with E-state index in [1.807, 2.05) is 0 Å². The highest BCUT2D eigenvalue weighted by atomic mass is 16.5. The van der Waals surface area contributed by atoms with Crippen LogP contribution in [-0.2, 0) is 6.42 Å². The van der Waals surface area contributed by atoms with Crippen molar-refractivity contribution in [3.8, 4) is 17.2 Å². The van der Waals surface area contributed by atoms with Gasteiger partial charge in [-0.25, -0.2) is 0 Å². The van der Waals surface area contributed by atoms with Crippen LogP contribution in [0.2, 0.25) is 0 Å². The van der Waals surface area contributed by atoms with Gasteiger partial charge in [0.25, 0.3) is 0 Å². The van der Waals surface area contributed by atoms with Crippen molar-refractivity contribution in [3.63, 3.8) is 0 Å². The summed E-state index contributed by atoms with van der Waals surface area (Å²) in [5.74, 6) is 1.90. The van der Waals surface area contributed by atoms with E-state index in [9.17, 15) is 10.2 Å². The van der Waals surface area contributed by atoms with E-state index in [0.29, 0.717) is 36.2 Å². The zero-order valence-corrected chi connectivity index (χ0v) is 12.4. The summed E-state index contributed by atoms with van der Waals surface area (Å²) in [5.41, 5.74) is 0.616. The minimum absolute atomic E-state index is 0.125. The normalized spacial score (nSPS) is 11.3. The third kappa shape index (κ3) is 5.41. The lowest BCUT2D eigenvalue weighted by atomic mass is 10.0. The topological polar surface area (TPSA) is 49.7 Å². The van der Waals surface area contributed by atoms with Crippen LogP contribution < -0.4 is 4.74 Å². The van der Waals surface area contributed by atoms with E-state index in [0.717, 1.165) is 12.8 Å². The number of benzene rings is 1. The Balaban J connectivity index is 2.67. The minimum Gasteiger partial charge on any atom is -0.507 e. The summed E-state index contributed by atoms with van der Waals surface area (Å²) in [7, 11) is 0. The van der Waals surface area contributed by atoms with Gasteiger partial charge in [-0.2, -0.15) is 0 Å². The van der Waals surface area contributed by atoms with Gasteiger partial charge < -0.3 is 14.9 Å². The van der Waals surface area contributed by atoms with Crippen LogP contribution in [0.5, 0.6) is 17.2 Å². The van der Waals surface area contributed by atoms with Gasteiger partial charge in [-0.05, 0) is 31.1 Å². The Kier molecular flexibility index (Phi) is 6.00. The third-order valence-electron chi connectivity index (χ3n) is 3.11. The van der Waals surface area contributed by atoms with E-state index in [1.165, 1.54) is 0 Å². The number of ether oxygens (including phenoxy) is 1. The molecule has 3 nitrogen and oxygen atoms in total. The van der Waals surface area contributed by atoms with Crippen molar-refractivity contribution in [1.29, 1.82) is 0 Å². The molecule has 0 aliphatic rings. The summed E-state index contributed by atoms with van der Waals surface area (Å²) in [5, 5.41) is 19.9. The Morgan fingerprint density at radius 1 is 0.947 bits per heavy atom. The molecule has 1 rings (SSSR count). The first-order chi connectivity index (χ1) is 8.90. The zero-order chi connectivity index (χ0) is 14.4. The van der Waals surface area contributed by atoms with Gasteiger partial charge in [0.2, 0.25) is 0 Å². The summed E-state index contributed by atoms with van der Waals surface area (Å²) < 4.78 is 5.54. The molecule has 0 heterocycles. The van der Waals surface area contributed by atoms with Crippen LogP contribution >= 0.6 is 0 Å². The SMILES string of the molecule is CC(C)CCOc1cc(O)c(CCC(C)C)c(O)c1. The van der Waals surface area contributed by atoms with Crippen molar-refractivity contribution >= 4 is 0 Å². The minimum atomic E-state index is 0.125. The molecule has 0 saturated heterocycles. The highest BCUT2D eigenvalue weighted by Crippen LogP contribution is 2.34. The molecule has 0 aliphatic carbocycles. The zero-order valence-electron chi connectivity index (χ0n) is 12.4. The largest absolute Gasteiger partial charge is 0.507 e. The molecule has 0 amide bonds. The predicted octanol–water partition coefficient (Wildman–Crippen LogP) is 4.11. The van der Waals surface area contributed by atoms with Crippen LogP contribution in [-0.4, -0.2) is 16.8 Å². The maximum atomic E-state index is 9.95. The van der Waals surface area contributed by atoms with Crippen LogP contribution in [0.1, 0.15) is 46.1 Å². The first-order valence-corrected chi connectivity index (χ1v) is 7.07. The molecule has 0 radical (unpaired) electrons. The first kappa shape index (κ1) is 15.7. The second-order valence-electron chi connectivity index (χ2n) is 5.90. The summed E-state index contributed by atoms with van der Waals surface area (Å²) >= 11 is 0. The summed E-state index contributed by atoms with van der Waals surface area (Å²) in [6, 6.07) is 3.19. The lowest BCUT2D eigenvalue weighted by molar-refractivity contribution is 0.286. The molecule has 0 bridgehead atoms. The standard InChI is InChI=1S/C16H26O3/c1-11(2)5-6-14-15(17)9-13(10-16(14)18)19-8-7-12(3)4/h9-12,17-18H,5-8H2,1-4H3. The first-order valence-electron chi connectivity index (χ1n) is 7.07. The quantitative estimate of drug-likeness (QED) is 0.780. The number of phenols is 2. The molecule has 0 atom stereocenters. The van der Waals surface area contributed by atoms with E-state index in [1.54, 1.807) is 12.1 Å². The number of phenolic OH excluding ortho intramolecular Hbond substituents is 2. The van der Waals surface area contributed by atoms with E-state index in [4.69, 9.17) is 4.74 Å². The van der Waals surface area contributed by atoms with Gasteiger partial charge in [-0.1, -0.05) is 27.7 Å². The molecule has 0 aromatic heterocycles. The Morgan fingerprint density at radius 3 is 1.95 bits per heavy atom. The fraction of sp³-hybridized carbons (Fsp3) is 0.625. The summed E-state index contributed by atoms with van der Waals surface area (Å²) in [4.78, 5) is 0. The molecule has 1 aromatic rings. The monoisotopic (exact) mass is 266 g/mol. The fourth-order valence-electron chi connectivity index (χ4n) is 1.80. The highest BCUT2D eigenvalue weighted by Gasteiger charge is 2.11. The maximum absolute atomic E-state index is 9.95. The molecule has 0 unspecified atom stereocenters. The number of hydrogen-bond acceptors (Lipinski definition) is 3. The molecule has 108 valence electrons. The van der Waals surface area contributed by atoms with Crippen LogP contribution in [0, 0.1) is 11.8 Å². The molecular formula is C16H26O3. The summed E-state index contributed by atoms with van der Waals surface area (Å²) in [6.07, 6.45) is 2.58. The van der Waals surface area contributed by atoms with Crippen LogP contribution in [0.4, 0.5) is 0 Å². The fourth-order valence-corrected chi connectivity index (χ4v) is 1.80. The molecule has 1 aromatic carbocycles. The van der Waals surface area contributed by atoms with E-state index >= 15 is 0 Å². The molecule has 2 N–H and O–H groups in total. The molecule has 0 spiro atoms. The smallest absolute Gasteiger partial charge is 0.126 e. The molecule has 3 heteroatoms. The van der Waals surface area contributed by atoms with Crippen molar-refractivity contribution in [2.75, 3.05) is 6.61 Å². The van der Waals surface area contributed by atoms with Crippen LogP contribution in [0.25, 0.3) is 0 Å². The van der Waals surface area contributed by atoms with Crippen molar-refractivity contribution in [1.82, 2.24) is 0 Å². The van der Waals surface area contributed by atoms with Gasteiger partial charge >= 0.3 is 0 Å². The van der Waals surface area contributed by atoms with Gasteiger partial charge in [0.1, 0.15) is 17.2 Å². The van der Waals surface area contributed by atoms with Gasteiger partial charge in [-0.15, -0.1) is 0 Å². The number of rotatable bonds is 7. The van der Waals surface area contributed by atoms with Crippen molar-refractivity contribution in [2.24, 2.45) is 11.8 Å². The van der Waals surface area contributed by atoms with Crippen molar-refractivity contribution < 1.29 is 14.9 Å². The third-order valence-corrected chi connectivity index (χ3v) is 3.11. The van der Waals surface area contributed by atoms with Crippen LogP contribution in [0.15, 0.2) is 12.1 Å². The number of aromatic hydroxyl groups is 2. The van der Waals surface area contributed by atoms with Crippen molar-refractivity contribution in [2.45, 2.75) is 47.0 Å². The average Bonchev–Trinajstić information content (AvgIpc) is 2.26. The molecular weight excluding hydrogens is 240 g/mol. The highest BCUT2D eigenvalue weighted by molar-refractivity contribution is 5.49. The summed E-state index contributed by atoms with van der Waals surface area (Å²) in [6.45, 7) is 9.11.